The lowest BCUT2D eigenvalue weighted by molar-refractivity contribution is 0.974. The van der Waals surface area contributed by atoms with Gasteiger partial charge in [-0.15, -0.1) is 0 Å². The maximum absolute atomic E-state index is 4.81. The first-order chi connectivity index (χ1) is 15.6. The standard InChI is InChI=1S/C23H22N8S/c1-4-7-15(2)30(3)23-28-21(24-12-19-26-17-8-5-6-9-18(17)27-19)20-22(29-23)31(14-25-20)16-10-11-32-13-16/h4-11,13-14H,2,12H2,1,3H3,(H,26,27)(H,24,28,29)/b7-4-. The van der Waals surface area contributed by atoms with Gasteiger partial charge >= 0.3 is 0 Å². The molecule has 0 fully saturated rings. The number of likely N-dealkylation sites (N-methyl/N-ethyl adjacent to an activating group) is 1. The summed E-state index contributed by atoms with van der Waals surface area (Å²) >= 11 is 1.63. The maximum Gasteiger partial charge on any atom is 0.233 e. The summed E-state index contributed by atoms with van der Waals surface area (Å²) in [6.45, 7) is 6.54. The summed E-state index contributed by atoms with van der Waals surface area (Å²) in [4.78, 5) is 24.0. The molecule has 0 unspecified atom stereocenters. The molecule has 160 valence electrons. The molecule has 5 rings (SSSR count). The number of H-pyrrole nitrogens is 1. The average molecular weight is 443 g/mol. The van der Waals surface area contributed by atoms with E-state index in [4.69, 9.17) is 9.97 Å². The van der Waals surface area contributed by atoms with Crippen molar-refractivity contribution in [1.29, 1.82) is 0 Å². The molecule has 0 spiro atoms. The van der Waals surface area contributed by atoms with Gasteiger partial charge in [-0.05, 0) is 36.6 Å². The van der Waals surface area contributed by atoms with Crippen molar-refractivity contribution in [3.63, 3.8) is 0 Å². The molecule has 0 aliphatic carbocycles. The van der Waals surface area contributed by atoms with Gasteiger partial charge in [-0.3, -0.25) is 4.57 Å². The molecule has 0 bridgehead atoms. The fourth-order valence-corrected chi connectivity index (χ4v) is 4.06. The minimum Gasteiger partial charge on any atom is -0.361 e. The zero-order valence-electron chi connectivity index (χ0n) is 17.8. The van der Waals surface area contributed by atoms with Gasteiger partial charge in [0.25, 0.3) is 0 Å². The predicted molar refractivity (Wildman–Crippen MR) is 130 cm³/mol. The Hall–Kier alpha value is -3.98. The lowest BCUT2D eigenvalue weighted by Crippen LogP contribution is -2.18. The molecule has 0 aliphatic heterocycles. The fraction of sp³-hybridized carbons (Fsp3) is 0.130. The highest BCUT2D eigenvalue weighted by Crippen LogP contribution is 2.27. The van der Waals surface area contributed by atoms with Crippen LogP contribution >= 0.6 is 11.3 Å². The number of para-hydroxylation sites is 2. The van der Waals surface area contributed by atoms with Crippen molar-refractivity contribution in [3.8, 4) is 5.69 Å². The summed E-state index contributed by atoms with van der Waals surface area (Å²) in [6, 6.07) is 10.0. The zero-order chi connectivity index (χ0) is 22.1. The first-order valence-electron chi connectivity index (χ1n) is 10.1. The van der Waals surface area contributed by atoms with E-state index in [-0.39, 0.29) is 0 Å². The minimum absolute atomic E-state index is 0.477. The Balaban J connectivity index is 1.55. The van der Waals surface area contributed by atoms with Gasteiger partial charge in [-0.1, -0.05) is 24.8 Å². The van der Waals surface area contributed by atoms with Crippen LogP contribution in [0.3, 0.4) is 0 Å². The van der Waals surface area contributed by atoms with Crippen LogP contribution in [0.15, 0.2) is 71.8 Å². The van der Waals surface area contributed by atoms with Crippen molar-refractivity contribution >= 4 is 45.3 Å². The van der Waals surface area contributed by atoms with E-state index in [1.807, 2.05) is 71.3 Å². The minimum atomic E-state index is 0.477. The average Bonchev–Trinajstić information content (AvgIpc) is 3.55. The summed E-state index contributed by atoms with van der Waals surface area (Å²) < 4.78 is 1.97. The number of benzene rings is 1. The molecule has 1 aromatic carbocycles. The topological polar surface area (TPSA) is 87.5 Å². The van der Waals surface area contributed by atoms with Gasteiger partial charge in [0.15, 0.2) is 17.0 Å². The van der Waals surface area contributed by atoms with Gasteiger partial charge in [0.1, 0.15) is 12.2 Å². The van der Waals surface area contributed by atoms with Gasteiger partial charge in [-0.25, -0.2) is 9.97 Å². The van der Waals surface area contributed by atoms with Crippen LogP contribution in [0.4, 0.5) is 11.8 Å². The van der Waals surface area contributed by atoms with Crippen LogP contribution in [0.2, 0.25) is 0 Å². The Bertz CT molecular complexity index is 1390. The number of nitrogens with zero attached hydrogens (tertiary/aromatic N) is 6. The smallest absolute Gasteiger partial charge is 0.233 e. The molecule has 4 heterocycles. The summed E-state index contributed by atoms with van der Waals surface area (Å²) in [5.74, 6) is 1.99. The molecule has 0 atom stereocenters. The monoisotopic (exact) mass is 442 g/mol. The lowest BCUT2D eigenvalue weighted by atomic mass is 10.3. The number of thiophene rings is 1. The second kappa shape index (κ2) is 8.27. The summed E-state index contributed by atoms with van der Waals surface area (Å²) in [6.07, 6.45) is 5.64. The van der Waals surface area contributed by atoms with E-state index in [1.165, 1.54) is 0 Å². The number of hydrogen-bond acceptors (Lipinski definition) is 7. The Morgan fingerprint density at radius 2 is 2.12 bits per heavy atom. The number of aromatic amines is 1. The van der Waals surface area contributed by atoms with Gasteiger partial charge in [0, 0.05) is 18.1 Å². The van der Waals surface area contributed by atoms with Crippen LogP contribution in [-0.4, -0.2) is 36.5 Å². The molecule has 0 saturated carbocycles. The quantitative estimate of drug-likeness (QED) is 0.349. The highest BCUT2D eigenvalue weighted by molar-refractivity contribution is 7.08. The normalized spacial score (nSPS) is 11.6. The molecular formula is C23H22N8S. The Kier molecular flexibility index (Phi) is 5.16. The predicted octanol–water partition coefficient (Wildman–Crippen LogP) is 4.89. The first kappa shape index (κ1) is 20.0. The SMILES string of the molecule is C=C(/C=C\C)N(C)c1nc(NCc2nc3ccccc3[nH]2)c2ncn(-c3ccsc3)c2n1. The van der Waals surface area contributed by atoms with Crippen LogP contribution in [0, 0.1) is 0 Å². The van der Waals surface area contributed by atoms with Crippen molar-refractivity contribution in [2.45, 2.75) is 13.5 Å². The van der Waals surface area contributed by atoms with Crippen molar-refractivity contribution in [1.82, 2.24) is 29.5 Å². The zero-order valence-corrected chi connectivity index (χ0v) is 18.6. The van der Waals surface area contributed by atoms with E-state index < -0.39 is 0 Å². The third-order valence-corrected chi connectivity index (χ3v) is 5.79. The van der Waals surface area contributed by atoms with E-state index in [9.17, 15) is 0 Å². The highest BCUT2D eigenvalue weighted by Gasteiger charge is 2.17. The number of imidazole rings is 2. The van der Waals surface area contributed by atoms with Crippen molar-refractivity contribution in [3.05, 3.63) is 77.7 Å². The third-order valence-electron chi connectivity index (χ3n) is 5.12. The van der Waals surface area contributed by atoms with E-state index in [1.54, 1.807) is 17.7 Å². The van der Waals surface area contributed by atoms with E-state index >= 15 is 0 Å². The van der Waals surface area contributed by atoms with Crippen LogP contribution in [0.5, 0.6) is 0 Å². The fourth-order valence-electron chi connectivity index (χ4n) is 3.43. The summed E-state index contributed by atoms with van der Waals surface area (Å²) in [5.41, 5.74) is 5.16. The number of fused-ring (bicyclic) bond motifs is 2. The van der Waals surface area contributed by atoms with Crippen LogP contribution in [0.1, 0.15) is 12.7 Å². The molecule has 0 radical (unpaired) electrons. The molecule has 0 saturated heterocycles. The number of allylic oxidation sites excluding steroid dienone is 2. The maximum atomic E-state index is 4.81. The lowest BCUT2D eigenvalue weighted by Gasteiger charge is -2.18. The molecule has 8 nitrogen and oxygen atoms in total. The summed E-state index contributed by atoms with van der Waals surface area (Å²) in [5, 5.41) is 7.49. The van der Waals surface area contributed by atoms with E-state index in [2.05, 4.69) is 32.2 Å². The van der Waals surface area contributed by atoms with Gasteiger partial charge < -0.3 is 15.2 Å². The van der Waals surface area contributed by atoms with E-state index in [0.29, 0.717) is 23.8 Å². The molecule has 4 aromatic heterocycles. The second-order valence-corrected chi connectivity index (χ2v) is 8.03. The van der Waals surface area contributed by atoms with Crippen LogP contribution in [0.25, 0.3) is 27.9 Å². The van der Waals surface area contributed by atoms with Crippen LogP contribution < -0.4 is 10.2 Å². The molecule has 5 aromatic rings. The molecule has 0 aliphatic rings. The van der Waals surface area contributed by atoms with E-state index in [0.717, 1.165) is 33.9 Å². The van der Waals surface area contributed by atoms with Gasteiger partial charge in [0.2, 0.25) is 5.95 Å². The summed E-state index contributed by atoms with van der Waals surface area (Å²) in [7, 11) is 1.90. The van der Waals surface area contributed by atoms with Crippen molar-refractivity contribution < 1.29 is 0 Å². The van der Waals surface area contributed by atoms with Gasteiger partial charge in [0.05, 0.1) is 23.3 Å². The molecular weight excluding hydrogens is 420 g/mol. The van der Waals surface area contributed by atoms with Gasteiger partial charge in [-0.2, -0.15) is 21.3 Å². The molecule has 2 N–H and O–H groups in total. The molecule has 9 heteroatoms. The Morgan fingerprint density at radius 3 is 2.91 bits per heavy atom. The molecule has 0 amide bonds. The number of aromatic nitrogens is 6. The number of anilines is 2. The van der Waals surface area contributed by atoms with Crippen molar-refractivity contribution in [2.75, 3.05) is 17.3 Å². The first-order valence-corrected chi connectivity index (χ1v) is 11.1. The molecule has 32 heavy (non-hydrogen) atoms. The Labute approximate surface area is 189 Å². The van der Waals surface area contributed by atoms with Crippen LogP contribution in [-0.2, 0) is 6.54 Å². The highest BCUT2D eigenvalue weighted by atomic mass is 32.1. The number of hydrogen-bond donors (Lipinski definition) is 2. The number of nitrogens with one attached hydrogen (secondary N) is 2. The number of rotatable bonds is 7. The Morgan fingerprint density at radius 1 is 1.25 bits per heavy atom. The third kappa shape index (κ3) is 3.63. The second-order valence-electron chi connectivity index (χ2n) is 7.25. The largest absolute Gasteiger partial charge is 0.361 e. The van der Waals surface area contributed by atoms with Crippen molar-refractivity contribution in [2.24, 2.45) is 0 Å².